The number of hydrogen-bond donors (Lipinski definition) is 2. The van der Waals surface area contributed by atoms with E-state index in [2.05, 4.69) is 47.3 Å². The normalized spacial score (nSPS) is 12.5. The molecule has 0 aliphatic rings. The van der Waals surface area contributed by atoms with Crippen LogP contribution in [0.1, 0.15) is 46.6 Å². The van der Waals surface area contributed by atoms with Crippen molar-refractivity contribution < 1.29 is 4.79 Å². The zero-order valence-electron chi connectivity index (χ0n) is 13.5. The van der Waals surface area contributed by atoms with E-state index in [1.54, 1.807) is 6.20 Å². The van der Waals surface area contributed by atoms with Crippen LogP contribution in [-0.2, 0) is 0 Å². The number of rotatable bonds is 4. The largest absolute Gasteiger partial charge is 0.333 e. The molecule has 0 atom stereocenters. The third kappa shape index (κ3) is 7.90. The number of urea groups is 1. The van der Waals surface area contributed by atoms with Crippen molar-refractivity contribution in [3.63, 3.8) is 0 Å². The Kier molecular flexibility index (Phi) is 6.02. The van der Waals surface area contributed by atoms with Crippen molar-refractivity contribution in [2.75, 3.05) is 0 Å². The van der Waals surface area contributed by atoms with Crippen molar-refractivity contribution >= 4 is 28.0 Å². The number of carbonyl (C=O) groups excluding carboxylic acids is 1. The van der Waals surface area contributed by atoms with Crippen LogP contribution < -0.4 is 10.6 Å². The van der Waals surface area contributed by atoms with E-state index in [-0.39, 0.29) is 17.0 Å². The average molecular weight is 353 g/mol. The molecule has 0 saturated heterocycles. The Labute approximate surface area is 136 Å². The fourth-order valence-electron chi connectivity index (χ4n) is 2.50. The van der Waals surface area contributed by atoms with Crippen molar-refractivity contribution in [2.45, 2.75) is 46.6 Å². The molecule has 0 spiro atoms. The lowest BCUT2D eigenvalue weighted by molar-refractivity contribution is 0.213. The van der Waals surface area contributed by atoms with E-state index in [9.17, 15) is 4.79 Å². The molecule has 3 nitrogen and oxygen atoms in total. The first-order chi connectivity index (χ1) is 9.57. The molecule has 116 valence electrons. The van der Waals surface area contributed by atoms with Crippen LogP contribution >= 0.6 is 15.9 Å². The number of carbonyl (C=O) groups is 1. The molecule has 21 heavy (non-hydrogen) atoms. The van der Waals surface area contributed by atoms with Gasteiger partial charge in [-0.25, -0.2) is 4.79 Å². The smallest absolute Gasteiger partial charge is 0.319 e. The van der Waals surface area contributed by atoms with E-state index in [0.29, 0.717) is 0 Å². The molecule has 0 bridgehead atoms. The molecular formula is C17H25BrN2O. The van der Waals surface area contributed by atoms with E-state index in [0.717, 1.165) is 16.5 Å². The molecule has 0 aliphatic heterocycles. The lowest BCUT2D eigenvalue weighted by Gasteiger charge is -2.33. The summed E-state index contributed by atoms with van der Waals surface area (Å²) in [5.74, 6) is 0. The van der Waals surface area contributed by atoms with Crippen LogP contribution in [0.2, 0.25) is 0 Å². The first-order valence-corrected chi connectivity index (χ1v) is 7.88. The maximum Gasteiger partial charge on any atom is 0.319 e. The van der Waals surface area contributed by atoms with Crippen LogP contribution in [0.4, 0.5) is 4.79 Å². The zero-order chi connectivity index (χ0) is 16.1. The monoisotopic (exact) mass is 352 g/mol. The first-order valence-electron chi connectivity index (χ1n) is 7.08. The van der Waals surface area contributed by atoms with Crippen molar-refractivity contribution in [1.82, 2.24) is 10.6 Å². The maximum absolute atomic E-state index is 11.9. The van der Waals surface area contributed by atoms with Gasteiger partial charge in [-0.05, 0) is 49.5 Å². The van der Waals surface area contributed by atoms with Crippen LogP contribution in [0.15, 0.2) is 34.9 Å². The van der Waals surface area contributed by atoms with Gasteiger partial charge in [0.05, 0.1) is 0 Å². The molecule has 1 aromatic carbocycles. The van der Waals surface area contributed by atoms with Crippen molar-refractivity contribution in [1.29, 1.82) is 0 Å². The predicted octanol–water partition coefficient (Wildman–Crippen LogP) is 4.93. The van der Waals surface area contributed by atoms with Gasteiger partial charge in [0.2, 0.25) is 0 Å². The minimum absolute atomic E-state index is 0.171. The van der Waals surface area contributed by atoms with E-state index in [4.69, 9.17) is 0 Å². The summed E-state index contributed by atoms with van der Waals surface area (Å²) in [4.78, 5) is 11.9. The summed E-state index contributed by atoms with van der Waals surface area (Å²) in [7, 11) is 0. The lowest BCUT2D eigenvalue weighted by atomic mass is 9.82. The Bertz CT molecular complexity index is 499. The van der Waals surface area contributed by atoms with Crippen LogP contribution in [0.5, 0.6) is 0 Å². The Balaban J connectivity index is 2.48. The van der Waals surface area contributed by atoms with E-state index in [1.165, 1.54) is 0 Å². The van der Waals surface area contributed by atoms with E-state index >= 15 is 0 Å². The maximum atomic E-state index is 11.9. The van der Waals surface area contributed by atoms with Gasteiger partial charge >= 0.3 is 6.03 Å². The van der Waals surface area contributed by atoms with Gasteiger partial charge < -0.3 is 10.6 Å². The van der Waals surface area contributed by atoms with E-state index in [1.807, 2.05) is 44.2 Å². The number of amides is 2. The Morgan fingerprint density at radius 2 is 1.71 bits per heavy atom. The number of benzene rings is 1. The highest BCUT2D eigenvalue weighted by atomic mass is 79.9. The summed E-state index contributed by atoms with van der Waals surface area (Å²) in [6, 6.07) is 7.70. The van der Waals surface area contributed by atoms with Crippen LogP contribution in [0.3, 0.4) is 0 Å². The fourth-order valence-corrected chi connectivity index (χ4v) is 2.77. The summed E-state index contributed by atoms with van der Waals surface area (Å²) in [5.41, 5.74) is 0.963. The topological polar surface area (TPSA) is 41.1 Å². The average Bonchev–Trinajstić information content (AvgIpc) is 2.27. The molecule has 2 amide bonds. The molecule has 0 heterocycles. The Morgan fingerprint density at radius 3 is 2.24 bits per heavy atom. The zero-order valence-corrected chi connectivity index (χ0v) is 15.0. The van der Waals surface area contributed by atoms with Gasteiger partial charge in [0.1, 0.15) is 0 Å². The third-order valence-corrected chi connectivity index (χ3v) is 3.31. The van der Waals surface area contributed by atoms with Crippen molar-refractivity contribution in [3.05, 3.63) is 40.5 Å². The number of nitrogens with one attached hydrogen (secondary N) is 2. The summed E-state index contributed by atoms with van der Waals surface area (Å²) in [6.45, 7) is 10.6. The van der Waals surface area contributed by atoms with Crippen LogP contribution in [0.25, 0.3) is 6.08 Å². The minimum atomic E-state index is -0.242. The molecular weight excluding hydrogens is 328 g/mol. The van der Waals surface area contributed by atoms with E-state index < -0.39 is 0 Å². The molecule has 0 unspecified atom stereocenters. The second kappa shape index (κ2) is 7.12. The standard InChI is InChI=1S/C17H25BrN2O/c1-16(2,3)12-17(4,5)20-15(21)19-11-10-13-6-8-14(18)9-7-13/h6-11H,12H2,1-5H3,(H2,19,20,21)/b11-10+. The van der Waals surface area contributed by atoms with Gasteiger partial charge in [-0.2, -0.15) is 0 Å². The highest BCUT2D eigenvalue weighted by Crippen LogP contribution is 2.26. The van der Waals surface area contributed by atoms with Gasteiger partial charge in [-0.1, -0.05) is 48.8 Å². The van der Waals surface area contributed by atoms with Gasteiger partial charge in [0, 0.05) is 16.2 Å². The highest BCUT2D eigenvalue weighted by molar-refractivity contribution is 9.10. The summed E-state index contributed by atoms with van der Waals surface area (Å²) < 4.78 is 1.04. The molecule has 4 heteroatoms. The molecule has 1 aromatic rings. The molecule has 0 aliphatic carbocycles. The Morgan fingerprint density at radius 1 is 1.14 bits per heavy atom. The SMILES string of the molecule is CC(C)(C)CC(C)(C)NC(=O)N/C=C/c1ccc(Br)cc1. The van der Waals surface area contributed by atoms with Gasteiger partial charge in [-0.15, -0.1) is 0 Å². The predicted molar refractivity (Wildman–Crippen MR) is 93.0 cm³/mol. The fraction of sp³-hybridized carbons (Fsp3) is 0.471. The molecule has 0 saturated carbocycles. The third-order valence-electron chi connectivity index (χ3n) is 2.78. The minimum Gasteiger partial charge on any atom is -0.333 e. The number of hydrogen-bond acceptors (Lipinski definition) is 1. The molecule has 0 aromatic heterocycles. The molecule has 0 radical (unpaired) electrons. The summed E-state index contributed by atoms with van der Waals surface area (Å²) in [5, 5.41) is 5.74. The first kappa shape index (κ1) is 17.8. The van der Waals surface area contributed by atoms with Gasteiger partial charge in [-0.3, -0.25) is 0 Å². The van der Waals surface area contributed by atoms with Crippen LogP contribution in [-0.4, -0.2) is 11.6 Å². The summed E-state index contributed by atoms with van der Waals surface area (Å²) in [6.07, 6.45) is 4.43. The van der Waals surface area contributed by atoms with Crippen LogP contribution in [0, 0.1) is 5.41 Å². The molecule has 2 N–H and O–H groups in total. The van der Waals surface area contributed by atoms with Gasteiger partial charge in [0.15, 0.2) is 0 Å². The van der Waals surface area contributed by atoms with Crippen molar-refractivity contribution in [2.24, 2.45) is 5.41 Å². The molecule has 0 fully saturated rings. The second-order valence-corrected chi connectivity index (χ2v) is 8.02. The molecule has 1 rings (SSSR count). The second-order valence-electron chi connectivity index (χ2n) is 7.10. The van der Waals surface area contributed by atoms with Crippen molar-refractivity contribution in [3.8, 4) is 0 Å². The lowest BCUT2D eigenvalue weighted by Crippen LogP contribution is -2.48. The van der Waals surface area contributed by atoms with Gasteiger partial charge in [0.25, 0.3) is 0 Å². The summed E-state index contributed by atoms with van der Waals surface area (Å²) >= 11 is 3.39. The highest BCUT2D eigenvalue weighted by Gasteiger charge is 2.26. The quantitative estimate of drug-likeness (QED) is 0.791. The number of halogens is 1. The Hall–Kier alpha value is -1.29.